The normalized spacial score (nSPS) is 11.3. The number of hydrogen-bond acceptors (Lipinski definition) is 4. The summed E-state index contributed by atoms with van der Waals surface area (Å²) in [7, 11) is 0. The van der Waals surface area contributed by atoms with Crippen LogP contribution < -0.4 is 5.32 Å². The van der Waals surface area contributed by atoms with Gasteiger partial charge in [0, 0.05) is 23.4 Å². The van der Waals surface area contributed by atoms with Crippen LogP contribution >= 0.6 is 0 Å². The SMILES string of the molecule is CC(C)(C)C(=O)NCc1nccnc1-c1ccoc1. The maximum atomic E-state index is 11.9. The van der Waals surface area contributed by atoms with Gasteiger partial charge in [-0.1, -0.05) is 20.8 Å². The first kappa shape index (κ1) is 13.3. The standard InChI is InChI=1S/C14H17N3O2/c1-14(2,3)13(18)17-8-11-12(16-6-5-15-11)10-4-7-19-9-10/h4-7,9H,8H2,1-3H3,(H,17,18). The molecule has 2 aromatic rings. The summed E-state index contributed by atoms with van der Waals surface area (Å²) in [6, 6.07) is 1.82. The third-order valence-electron chi connectivity index (χ3n) is 2.67. The molecule has 2 aromatic heterocycles. The van der Waals surface area contributed by atoms with Crippen LogP contribution in [0.15, 0.2) is 35.4 Å². The van der Waals surface area contributed by atoms with Crippen LogP contribution in [0.4, 0.5) is 0 Å². The summed E-state index contributed by atoms with van der Waals surface area (Å²) in [5.74, 6) is -0.0173. The molecule has 0 saturated heterocycles. The van der Waals surface area contributed by atoms with Crippen LogP contribution in [-0.4, -0.2) is 15.9 Å². The lowest BCUT2D eigenvalue weighted by atomic mass is 9.96. The quantitative estimate of drug-likeness (QED) is 0.919. The first-order valence-electron chi connectivity index (χ1n) is 6.09. The van der Waals surface area contributed by atoms with Crippen molar-refractivity contribution in [3.05, 3.63) is 36.7 Å². The number of carbonyl (C=O) groups excluding carboxylic acids is 1. The highest BCUT2D eigenvalue weighted by Crippen LogP contribution is 2.20. The van der Waals surface area contributed by atoms with Crippen molar-refractivity contribution in [2.75, 3.05) is 0 Å². The van der Waals surface area contributed by atoms with Crippen molar-refractivity contribution in [3.8, 4) is 11.3 Å². The van der Waals surface area contributed by atoms with E-state index in [1.165, 1.54) is 0 Å². The van der Waals surface area contributed by atoms with Crippen LogP contribution in [0.5, 0.6) is 0 Å². The Kier molecular flexibility index (Phi) is 3.64. The van der Waals surface area contributed by atoms with E-state index in [0.717, 1.165) is 17.0 Å². The maximum absolute atomic E-state index is 11.9. The van der Waals surface area contributed by atoms with Crippen molar-refractivity contribution in [2.45, 2.75) is 27.3 Å². The molecule has 0 unspecified atom stereocenters. The molecule has 5 nitrogen and oxygen atoms in total. The van der Waals surface area contributed by atoms with E-state index in [0.29, 0.717) is 6.54 Å². The number of nitrogens with one attached hydrogen (secondary N) is 1. The van der Waals surface area contributed by atoms with Gasteiger partial charge in [0.25, 0.3) is 0 Å². The Morgan fingerprint density at radius 1 is 1.32 bits per heavy atom. The molecule has 2 rings (SSSR count). The fourth-order valence-corrected chi connectivity index (χ4v) is 1.57. The first-order chi connectivity index (χ1) is 8.98. The van der Waals surface area contributed by atoms with E-state index in [1.54, 1.807) is 24.9 Å². The summed E-state index contributed by atoms with van der Waals surface area (Å²) in [4.78, 5) is 20.4. The summed E-state index contributed by atoms with van der Waals surface area (Å²) < 4.78 is 5.05. The first-order valence-corrected chi connectivity index (χ1v) is 6.09. The van der Waals surface area contributed by atoms with Crippen LogP contribution in [-0.2, 0) is 11.3 Å². The van der Waals surface area contributed by atoms with E-state index in [2.05, 4.69) is 15.3 Å². The van der Waals surface area contributed by atoms with Gasteiger partial charge in [-0.2, -0.15) is 0 Å². The van der Waals surface area contributed by atoms with Crippen molar-refractivity contribution >= 4 is 5.91 Å². The summed E-state index contributed by atoms with van der Waals surface area (Å²) in [6.45, 7) is 5.96. The molecule has 1 N–H and O–H groups in total. The average molecular weight is 259 g/mol. The van der Waals surface area contributed by atoms with Gasteiger partial charge in [-0.05, 0) is 6.07 Å². The molecule has 5 heteroatoms. The van der Waals surface area contributed by atoms with Crippen molar-refractivity contribution < 1.29 is 9.21 Å². The molecule has 0 fully saturated rings. The van der Waals surface area contributed by atoms with E-state index >= 15 is 0 Å². The zero-order valence-electron chi connectivity index (χ0n) is 11.3. The molecule has 0 aromatic carbocycles. The van der Waals surface area contributed by atoms with Crippen molar-refractivity contribution in [1.29, 1.82) is 0 Å². The molecule has 0 aliphatic heterocycles. The van der Waals surface area contributed by atoms with Crippen molar-refractivity contribution in [2.24, 2.45) is 5.41 Å². The molecule has 0 spiro atoms. The highest BCUT2D eigenvalue weighted by molar-refractivity contribution is 5.81. The highest BCUT2D eigenvalue weighted by Gasteiger charge is 2.21. The third-order valence-corrected chi connectivity index (χ3v) is 2.67. The smallest absolute Gasteiger partial charge is 0.225 e. The number of furan rings is 1. The highest BCUT2D eigenvalue weighted by atomic mass is 16.3. The Morgan fingerprint density at radius 2 is 2.05 bits per heavy atom. The second kappa shape index (κ2) is 5.22. The van der Waals surface area contributed by atoms with E-state index in [-0.39, 0.29) is 5.91 Å². The predicted molar refractivity (Wildman–Crippen MR) is 71.0 cm³/mol. The Hall–Kier alpha value is -2.17. The number of amides is 1. The van der Waals surface area contributed by atoms with Crippen LogP contribution in [0.2, 0.25) is 0 Å². The predicted octanol–water partition coefficient (Wildman–Crippen LogP) is 2.40. The number of hydrogen-bond donors (Lipinski definition) is 1. The summed E-state index contributed by atoms with van der Waals surface area (Å²) in [5.41, 5.74) is 1.89. The maximum Gasteiger partial charge on any atom is 0.225 e. The van der Waals surface area contributed by atoms with Crippen LogP contribution in [0.25, 0.3) is 11.3 Å². The molecule has 0 bridgehead atoms. The lowest BCUT2D eigenvalue weighted by molar-refractivity contribution is -0.128. The van der Waals surface area contributed by atoms with Gasteiger partial charge >= 0.3 is 0 Å². The van der Waals surface area contributed by atoms with Gasteiger partial charge in [0.2, 0.25) is 5.91 Å². The Bertz CT molecular complexity index is 556. The number of carbonyl (C=O) groups is 1. The molecule has 0 radical (unpaired) electrons. The second-order valence-electron chi connectivity index (χ2n) is 5.30. The molecule has 0 saturated carbocycles. The van der Waals surface area contributed by atoms with Gasteiger partial charge < -0.3 is 9.73 Å². The van der Waals surface area contributed by atoms with Crippen LogP contribution in [0.3, 0.4) is 0 Å². The molecule has 0 aliphatic rings. The van der Waals surface area contributed by atoms with Crippen LogP contribution in [0, 0.1) is 5.41 Å². The molecular formula is C14H17N3O2. The number of nitrogens with zero attached hydrogens (tertiary/aromatic N) is 2. The third kappa shape index (κ3) is 3.19. The lowest BCUT2D eigenvalue weighted by Gasteiger charge is -2.17. The summed E-state index contributed by atoms with van der Waals surface area (Å²) in [5, 5.41) is 2.87. The molecule has 1 amide bonds. The molecule has 100 valence electrons. The van der Waals surface area contributed by atoms with Gasteiger partial charge in [0.05, 0.1) is 30.5 Å². The fourth-order valence-electron chi connectivity index (χ4n) is 1.57. The zero-order valence-corrected chi connectivity index (χ0v) is 11.3. The van der Waals surface area contributed by atoms with E-state index in [1.807, 2.05) is 26.8 Å². The minimum absolute atomic E-state index is 0.0173. The van der Waals surface area contributed by atoms with Gasteiger partial charge in [0.1, 0.15) is 0 Å². The number of aromatic nitrogens is 2. The number of rotatable bonds is 3. The van der Waals surface area contributed by atoms with Gasteiger partial charge in [-0.3, -0.25) is 14.8 Å². The topological polar surface area (TPSA) is 68.0 Å². The van der Waals surface area contributed by atoms with Gasteiger partial charge in [-0.25, -0.2) is 0 Å². The van der Waals surface area contributed by atoms with Crippen molar-refractivity contribution in [1.82, 2.24) is 15.3 Å². The lowest BCUT2D eigenvalue weighted by Crippen LogP contribution is -2.34. The van der Waals surface area contributed by atoms with E-state index < -0.39 is 5.41 Å². The zero-order chi connectivity index (χ0) is 13.9. The molecule has 2 heterocycles. The Labute approximate surface area is 112 Å². The molecule has 0 aliphatic carbocycles. The van der Waals surface area contributed by atoms with E-state index in [9.17, 15) is 4.79 Å². The van der Waals surface area contributed by atoms with E-state index in [4.69, 9.17) is 4.42 Å². The minimum atomic E-state index is -0.419. The fraction of sp³-hybridized carbons (Fsp3) is 0.357. The molecule has 0 atom stereocenters. The average Bonchev–Trinajstić information content (AvgIpc) is 2.88. The monoisotopic (exact) mass is 259 g/mol. The van der Waals surface area contributed by atoms with Gasteiger partial charge in [-0.15, -0.1) is 0 Å². The Morgan fingerprint density at radius 3 is 2.68 bits per heavy atom. The molecule has 19 heavy (non-hydrogen) atoms. The minimum Gasteiger partial charge on any atom is -0.472 e. The van der Waals surface area contributed by atoms with Gasteiger partial charge in [0.15, 0.2) is 0 Å². The summed E-state index contributed by atoms with van der Waals surface area (Å²) in [6.07, 6.45) is 6.43. The molecular weight excluding hydrogens is 242 g/mol. The second-order valence-corrected chi connectivity index (χ2v) is 5.30. The van der Waals surface area contributed by atoms with Crippen LogP contribution in [0.1, 0.15) is 26.5 Å². The Balaban J connectivity index is 2.16. The largest absolute Gasteiger partial charge is 0.472 e. The summed E-state index contributed by atoms with van der Waals surface area (Å²) >= 11 is 0. The van der Waals surface area contributed by atoms with Crippen molar-refractivity contribution in [3.63, 3.8) is 0 Å².